The van der Waals surface area contributed by atoms with Gasteiger partial charge < -0.3 is 9.80 Å². The van der Waals surface area contributed by atoms with Crippen LogP contribution in [-0.4, -0.2) is 24.9 Å². The lowest BCUT2D eigenvalue weighted by Crippen LogP contribution is -2.41. The van der Waals surface area contributed by atoms with Crippen molar-refractivity contribution in [1.29, 1.82) is 0 Å². The molecule has 0 fully saturated rings. The zero-order chi connectivity index (χ0) is 24.2. The van der Waals surface area contributed by atoms with Gasteiger partial charge in [0, 0.05) is 13.1 Å². The van der Waals surface area contributed by atoms with Crippen molar-refractivity contribution >= 4 is 23.2 Å². The minimum atomic E-state index is -0.00273. The summed E-state index contributed by atoms with van der Waals surface area (Å²) in [4.78, 5) is 31.3. The summed E-state index contributed by atoms with van der Waals surface area (Å²) in [6.07, 6.45) is 14.0. The maximum atomic E-state index is 13.8. The Morgan fingerprint density at radius 3 is 1.26 bits per heavy atom. The highest BCUT2D eigenvalue weighted by Gasteiger charge is 2.32. The van der Waals surface area contributed by atoms with Crippen molar-refractivity contribution in [3.63, 3.8) is 0 Å². The van der Waals surface area contributed by atoms with Gasteiger partial charge in [-0.15, -0.1) is 0 Å². The first kappa shape index (κ1) is 26.0. The zero-order valence-corrected chi connectivity index (χ0v) is 21.2. The highest BCUT2D eigenvalue weighted by Crippen LogP contribution is 2.33. The second-order valence-corrected chi connectivity index (χ2v) is 9.48. The van der Waals surface area contributed by atoms with Crippen molar-refractivity contribution in [3.8, 4) is 0 Å². The van der Waals surface area contributed by atoms with Gasteiger partial charge in [0.2, 0.25) is 0 Å². The molecule has 0 saturated carbocycles. The van der Waals surface area contributed by atoms with Crippen molar-refractivity contribution in [3.05, 3.63) is 59.7 Å². The van der Waals surface area contributed by atoms with Crippen molar-refractivity contribution in [1.82, 2.24) is 0 Å². The summed E-state index contributed by atoms with van der Waals surface area (Å²) in [7, 11) is 0. The maximum absolute atomic E-state index is 13.8. The van der Waals surface area contributed by atoms with Crippen LogP contribution in [0.15, 0.2) is 48.5 Å². The fourth-order valence-electron chi connectivity index (χ4n) is 4.83. The van der Waals surface area contributed by atoms with Crippen molar-refractivity contribution in [2.75, 3.05) is 22.9 Å². The van der Waals surface area contributed by atoms with Crippen LogP contribution in [0.2, 0.25) is 0 Å². The first-order chi connectivity index (χ1) is 16.7. The summed E-state index contributed by atoms with van der Waals surface area (Å²) in [6.45, 7) is 5.72. The van der Waals surface area contributed by atoms with E-state index in [4.69, 9.17) is 0 Å². The van der Waals surface area contributed by atoms with Gasteiger partial charge in [0.1, 0.15) is 0 Å². The van der Waals surface area contributed by atoms with Crippen LogP contribution >= 0.6 is 0 Å². The normalized spacial score (nSPS) is 13.5. The Labute approximate surface area is 206 Å². The quantitative estimate of drug-likeness (QED) is 0.267. The van der Waals surface area contributed by atoms with E-state index in [0.717, 1.165) is 37.1 Å². The van der Waals surface area contributed by atoms with Gasteiger partial charge in [0.05, 0.1) is 22.5 Å². The van der Waals surface area contributed by atoms with E-state index in [1.165, 1.54) is 51.4 Å². The number of fused-ring (bicyclic) bond motifs is 2. The molecule has 0 aliphatic carbocycles. The Hall–Kier alpha value is -2.62. The summed E-state index contributed by atoms with van der Waals surface area (Å²) in [5.74, 6) is -0.00546. The summed E-state index contributed by atoms with van der Waals surface area (Å²) >= 11 is 0. The molecule has 4 heteroatoms. The van der Waals surface area contributed by atoms with Crippen molar-refractivity contribution in [2.45, 2.75) is 90.9 Å². The van der Waals surface area contributed by atoms with Gasteiger partial charge in [-0.2, -0.15) is 0 Å². The molecular formula is C30H42N2O2. The average molecular weight is 463 g/mol. The average Bonchev–Trinajstić information content (AvgIpc) is 2.87. The second kappa shape index (κ2) is 13.9. The molecule has 0 bridgehead atoms. The van der Waals surface area contributed by atoms with Gasteiger partial charge in [-0.05, 0) is 37.1 Å². The van der Waals surface area contributed by atoms with E-state index in [0.29, 0.717) is 24.2 Å². The topological polar surface area (TPSA) is 40.6 Å². The molecule has 4 nitrogen and oxygen atoms in total. The van der Waals surface area contributed by atoms with E-state index in [-0.39, 0.29) is 11.8 Å². The van der Waals surface area contributed by atoms with Crippen molar-refractivity contribution < 1.29 is 9.59 Å². The van der Waals surface area contributed by atoms with Gasteiger partial charge in [-0.3, -0.25) is 9.59 Å². The fourth-order valence-corrected chi connectivity index (χ4v) is 4.83. The Morgan fingerprint density at radius 1 is 0.500 bits per heavy atom. The minimum absolute atomic E-state index is 0.00273. The number of carbonyl (C=O) groups is 2. The molecule has 0 spiro atoms. The number of carbonyl (C=O) groups excluding carboxylic acids is 2. The Balaban J connectivity index is 1.83. The third-order valence-corrected chi connectivity index (χ3v) is 6.81. The SMILES string of the molecule is CCCCCCCCN1C(=O)c2ccccc2N(CCCCCCCC)C(=O)c2ccccc21. The molecule has 1 aliphatic heterocycles. The standard InChI is InChI=1S/C30H42N2O2/c1-3-5-7-9-11-17-23-31-27-21-15-13-19-25(27)30(34)32(24-18-12-10-8-6-4-2)28-22-16-14-20-26(28)29(31)33/h13-16,19-22H,3-12,17-18,23-24H2,1-2H3. The summed E-state index contributed by atoms with van der Waals surface area (Å²) in [5, 5.41) is 0. The van der Waals surface area contributed by atoms with Gasteiger partial charge in [-0.25, -0.2) is 0 Å². The van der Waals surface area contributed by atoms with Crippen LogP contribution < -0.4 is 9.80 Å². The first-order valence-corrected chi connectivity index (χ1v) is 13.5. The molecule has 184 valence electrons. The Morgan fingerprint density at radius 2 is 0.853 bits per heavy atom. The molecule has 2 aromatic carbocycles. The highest BCUT2D eigenvalue weighted by molar-refractivity contribution is 6.20. The van der Waals surface area contributed by atoms with Crippen LogP contribution in [0.3, 0.4) is 0 Å². The van der Waals surface area contributed by atoms with E-state index in [1.807, 2.05) is 58.3 Å². The number of benzene rings is 2. The maximum Gasteiger partial charge on any atom is 0.260 e. The number of hydrogen-bond acceptors (Lipinski definition) is 2. The summed E-state index contributed by atoms with van der Waals surface area (Å²) in [6, 6.07) is 15.3. The lowest BCUT2D eigenvalue weighted by atomic mass is 10.0. The van der Waals surface area contributed by atoms with Gasteiger partial charge in [0.15, 0.2) is 0 Å². The van der Waals surface area contributed by atoms with Crippen LogP contribution in [0.1, 0.15) is 112 Å². The predicted octanol–water partition coefficient (Wildman–Crippen LogP) is 8.01. The van der Waals surface area contributed by atoms with E-state index >= 15 is 0 Å². The van der Waals surface area contributed by atoms with E-state index in [1.54, 1.807) is 0 Å². The third-order valence-electron chi connectivity index (χ3n) is 6.81. The third kappa shape index (κ3) is 6.71. The van der Waals surface area contributed by atoms with Crippen LogP contribution in [0, 0.1) is 0 Å². The molecule has 2 amide bonds. The molecule has 0 atom stereocenters. The second-order valence-electron chi connectivity index (χ2n) is 9.48. The molecule has 0 radical (unpaired) electrons. The monoisotopic (exact) mass is 462 g/mol. The van der Waals surface area contributed by atoms with Crippen LogP contribution in [-0.2, 0) is 0 Å². The van der Waals surface area contributed by atoms with Crippen LogP contribution in [0.25, 0.3) is 0 Å². The first-order valence-electron chi connectivity index (χ1n) is 13.5. The lowest BCUT2D eigenvalue weighted by Gasteiger charge is -2.33. The van der Waals surface area contributed by atoms with Gasteiger partial charge >= 0.3 is 0 Å². The molecule has 1 heterocycles. The van der Waals surface area contributed by atoms with Crippen LogP contribution in [0.5, 0.6) is 0 Å². The predicted molar refractivity (Wildman–Crippen MR) is 143 cm³/mol. The number of para-hydroxylation sites is 2. The summed E-state index contributed by atoms with van der Waals surface area (Å²) in [5.41, 5.74) is 2.74. The minimum Gasteiger partial charge on any atom is -0.307 e. The number of amides is 2. The molecule has 0 unspecified atom stereocenters. The molecule has 0 N–H and O–H groups in total. The van der Waals surface area contributed by atoms with Gasteiger partial charge in [-0.1, -0.05) is 102 Å². The molecule has 1 aliphatic rings. The molecule has 34 heavy (non-hydrogen) atoms. The lowest BCUT2D eigenvalue weighted by molar-refractivity contribution is 0.0973. The molecule has 3 rings (SSSR count). The van der Waals surface area contributed by atoms with Gasteiger partial charge in [0.25, 0.3) is 11.8 Å². The zero-order valence-electron chi connectivity index (χ0n) is 21.2. The van der Waals surface area contributed by atoms with Crippen LogP contribution in [0.4, 0.5) is 11.4 Å². The number of nitrogens with zero attached hydrogens (tertiary/aromatic N) is 2. The van der Waals surface area contributed by atoms with E-state index in [9.17, 15) is 9.59 Å². The summed E-state index contributed by atoms with van der Waals surface area (Å²) < 4.78 is 0. The number of rotatable bonds is 14. The Kier molecular flexibility index (Phi) is 10.7. The molecular weight excluding hydrogens is 420 g/mol. The number of hydrogen-bond donors (Lipinski definition) is 0. The number of unbranched alkanes of at least 4 members (excludes halogenated alkanes) is 10. The molecule has 2 aromatic rings. The highest BCUT2D eigenvalue weighted by atomic mass is 16.2. The molecule has 0 aromatic heterocycles. The van der Waals surface area contributed by atoms with E-state index in [2.05, 4.69) is 13.8 Å². The number of anilines is 2. The Bertz CT molecular complexity index is 848. The smallest absolute Gasteiger partial charge is 0.260 e. The van der Waals surface area contributed by atoms with E-state index < -0.39 is 0 Å². The van der Waals surface area contributed by atoms with Crippen molar-refractivity contribution in [2.24, 2.45) is 0 Å². The molecule has 0 saturated heterocycles. The fraction of sp³-hybridized carbons (Fsp3) is 0.533. The largest absolute Gasteiger partial charge is 0.307 e.